The third-order valence-electron chi connectivity index (χ3n) is 10.4. The lowest BCUT2D eigenvalue weighted by atomic mass is 9.78. The first-order valence-electron chi connectivity index (χ1n) is 17.2. The molecule has 1 spiro atoms. The van der Waals surface area contributed by atoms with Crippen LogP contribution >= 0.6 is 11.6 Å². The van der Waals surface area contributed by atoms with Crippen molar-refractivity contribution >= 4 is 33.1 Å². The maximum Gasteiger partial charge on any atom is 0.229 e. The van der Waals surface area contributed by atoms with Gasteiger partial charge in [-0.1, -0.05) is 104 Å². The summed E-state index contributed by atoms with van der Waals surface area (Å²) in [5.74, 6) is 1.40. The highest BCUT2D eigenvalue weighted by atomic mass is 35.5. The summed E-state index contributed by atoms with van der Waals surface area (Å²) in [4.78, 5) is 28.9. The fraction of sp³-hybridized carbons (Fsp3) is 0.450. The monoisotopic (exact) mass is 673 g/mol. The van der Waals surface area contributed by atoms with Crippen LogP contribution in [0.4, 0.5) is 0 Å². The predicted molar refractivity (Wildman–Crippen MR) is 190 cm³/mol. The Morgan fingerprint density at radius 2 is 1.70 bits per heavy atom. The topological polar surface area (TPSA) is 71.5 Å². The average Bonchev–Trinajstić information content (AvgIpc) is 3.22. The van der Waals surface area contributed by atoms with Gasteiger partial charge in [-0.25, -0.2) is 8.42 Å². The Kier molecular flexibility index (Phi) is 12.1. The molecule has 1 aliphatic heterocycles. The normalized spacial score (nSPS) is 20.7. The number of nitrogens with zero attached hydrogens (tertiary/aromatic N) is 1. The highest BCUT2D eigenvalue weighted by Crippen LogP contribution is 2.46. The third kappa shape index (κ3) is 9.23. The van der Waals surface area contributed by atoms with E-state index < -0.39 is 9.84 Å². The number of rotatable bonds is 15. The molecule has 2 fully saturated rings. The molecule has 3 aromatic rings. The number of hydrogen-bond donors (Lipinski definition) is 0. The first-order chi connectivity index (χ1) is 22.7. The van der Waals surface area contributed by atoms with E-state index in [9.17, 15) is 18.0 Å². The summed E-state index contributed by atoms with van der Waals surface area (Å²) in [6.07, 6.45) is 12.7. The van der Waals surface area contributed by atoms with Crippen molar-refractivity contribution in [2.24, 2.45) is 11.3 Å². The van der Waals surface area contributed by atoms with Crippen LogP contribution in [0.3, 0.4) is 0 Å². The number of ketones is 1. The van der Waals surface area contributed by atoms with E-state index in [4.69, 9.17) is 11.6 Å². The van der Waals surface area contributed by atoms with Crippen molar-refractivity contribution in [2.45, 2.75) is 94.4 Å². The lowest BCUT2D eigenvalue weighted by Crippen LogP contribution is -2.34. The van der Waals surface area contributed by atoms with Crippen molar-refractivity contribution < 1.29 is 18.0 Å². The van der Waals surface area contributed by atoms with Crippen LogP contribution in [0.5, 0.6) is 0 Å². The molecule has 1 saturated heterocycles. The molecule has 47 heavy (non-hydrogen) atoms. The molecule has 3 atom stereocenters. The standard InChI is InChI=1S/C40H48ClNO4S/c1-2-28-47(45,46)37-21-17-32(18-22-37)30-42-27-26-40(39(42)44)24-9-11-31(23-25-40)10-8-15-34(33-12-4-3-5-13-33)19-20-36(43)29-35-14-6-7-16-38(35)41/h2-7,12-14,16-18,21-22,31,34H,1,8-11,15,19-20,23-30H2/t31-,34?,40?/m0/s1. The summed E-state index contributed by atoms with van der Waals surface area (Å²) in [6.45, 7) is 4.82. The van der Waals surface area contributed by atoms with Crippen molar-refractivity contribution in [1.29, 1.82) is 0 Å². The summed E-state index contributed by atoms with van der Waals surface area (Å²) >= 11 is 6.30. The molecule has 0 bridgehead atoms. The summed E-state index contributed by atoms with van der Waals surface area (Å²) < 4.78 is 24.7. The number of amides is 1. The minimum absolute atomic E-state index is 0.0830. The van der Waals surface area contributed by atoms with Gasteiger partial charge in [0.25, 0.3) is 0 Å². The Bertz CT molecular complexity index is 1620. The van der Waals surface area contributed by atoms with Crippen LogP contribution in [-0.4, -0.2) is 37.3 Å². The zero-order valence-corrected chi connectivity index (χ0v) is 29.0. The van der Waals surface area contributed by atoms with Gasteiger partial charge in [0.05, 0.1) is 16.1 Å². The first kappa shape index (κ1) is 35.1. The van der Waals surface area contributed by atoms with E-state index in [0.717, 1.165) is 75.5 Å². The fourth-order valence-electron chi connectivity index (χ4n) is 7.68. The van der Waals surface area contributed by atoms with Gasteiger partial charge in [0.1, 0.15) is 5.78 Å². The van der Waals surface area contributed by atoms with Crippen LogP contribution in [0.15, 0.2) is 96.4 Å². The van der Waals surface area contributed by atoms with E-state index in [0.29, 0.717) is 36.2 Å². The second kappa shape index (κ2) is 16.3. The largest absolute Gasteiger partial charge is 0.338 e. The van der Waals surface area contributed by atoms with Gasteiger partial charge < -0.3 is 4.90 Å². The van der Waals surface area contributed by atoms with Crippen molar-refractivity contribution in [3.8, 4) is 0 Å². The molecule has 2 aliphatic rings. The third-order valence-corrected chi connectivity index (χ3v) is 12.5. The molecule has 3 aromatic carbocycles. The van der Waals surface area contributed by atoms with E-state index in [1.807, 2.05) is 47.4 Å². The summed E-state index contributed by atoms with van der Waals surface area (Å²) in [6, 6.07) is 25.1. The molecule has 0 aromatic heterocycles. The first-order valence-corrected chi connectivity index (χ1v) is 19.2. The Morgan fingerprint density at radius 3 is 2.45 bits per heavy atom. The minimum Gasteiger partial charge on any atom is -0.338 e. The predicted octanol–water partition coefficient (Wildman–Crippen LogP) is 9.14. The molecule has 5 rings (SSSR count). The van der Waals surface area contributed by atoms with Gasteiger partial charge in [0, 0.05) is 31.0 Å². The highest BCUT2D eigenvalue weighted by Gasteiger charge is 2.46. The molecular formula is C40H48ClNO4S. The lowest BCUT2D eigenvalue weighted by Gasteiger charge is -2.26. The Hall–Kier alpha value is -3.22. The molecule has 0 radical (unpaired) electrons. The van der Waals surface area contributed by atoms with Crippen LogP contribution in [0.1, 0.15) is 93.2 Å². The number of hydrogen-bond acceptors (Lipinski definition) is 4. The van der Waals surface area contributed by atoms with Gasteiger partial charge in [-0.2, -0.15) is 0 Å². The zero-order valence-electron chi connectivity index (χ0n) is 27.4. The van der Waals surface area contributed by atoms with Crippen molar-refractivity contribution in [3.05, 3.63) is 113 Å². The van der Waals surface area contributed by atoms with Crippen molar-refractivity contribution in [1.82, 2.24) is 4.90 Å². The molecule has 1 aliphatic carbocycles. The molecule has 7 heteroatoms. The van der Waals surface area contributed by atoms with E-state index in [1.54, 1.807) is 12.1 Å². The molecule has 5 nitrogen and oxygen atoms in total. The molecule has 1 amide bonds. The summed E-state index contributed by atoms with van der Waals surface area (Å²) in [7, 11) is -3.36. The van der Waals surface area contributed by atoms with Crippen molar-refractivity contribution in [2.75, 3.05) is 12.3 Å². The molecule has 250 valence electrons. The number of sulfone groups is 1. The molecule has 0 N–H and O–H groups in total. The number of carbonyl (C=O) groups is 2. The van der Waals surface area contributed by atoms with Gasteiger partial charge in [-0.15, -0.1) is 6.58 Å². The second-order valence-electron chi connectivity index (χ2n) is 13.7. The lowest BCUT2D eigenvalue weighted by molar-refractivity contribution is -0.137. The summed E-state index contributed by atoms with van der Waals surface area (Å²) in [5.41, 5.74) is 2.91. The van der Waals surface area contributed by atoms with Crippen LogP contribution in [0, 0.1) is 11.3 Å². The quantitative estimate of drug-likeness (QED) is 0.151. The molecule has 1 heterocycles. The van der Waals surface area contributed by atoms with Crippen LogP contribution in [0.2, 0.25) is 5.02 Å². The average molecular weight is 674 g/mol. The van der Waals surface area contributed by atoms with Gasteiger partial charge in [0.15, 0.2) is 9.84 Å². The number of halogens is 1. The molecule has 1 saturated carbocycles. The number of carbonyl (C=O) groups excluding carboxylic acids is 2. The van der Waals surface area contributed by atoms with Gasteiger partial charge in [0.2, 0.25) is 5.91 Å². The number of benzene rings is 3. The minimum atomic E-state index is -3.36. The van der Waals surface area contributed by atoms with Crippen LogP contribution in [-0.2, 0) is 32.4 Å². The van der Waals surface area contributed by atoms with E-state index in [-0.39, 0.29) is 27.8 Å². The SMILES string of the molecule is C=CCS(=O)(=O)c1ccc(CN2CCC3(CCC[C@H](CCCC(CCC(=O)Cc4ccccc4Cl)c4ccccc4)CC3)C2=O)cc1. The van der Waals surface area contributed by atoms with Gasteiger partial charge in [-0.3, -0.25) is 9.59 Å². The Morgan fingerprint density at radius 1 is 0.957 bits per heavy atom. The van der Waals surface area contributed by atoms with Crippen LogP contribution in [0.25, 0.3) is 0 Å². The van der Waals surface area contributed by atoms with Crippen LogP contribution < -0.4 is 0 Å². The van der Waals surface area contributed by atoms with Crippen molar-refractivity contribution in [3.63, 3.8) is 0 Å². The molecular weight excluding hydrogens is 626 g/mol. The highest BCUT2D eigenvalue weighted by molar-refractivity contribution is 7.91. The maximum absolute atomic E-state index is 13.8. The Balaban J connectivity index is 1.11. The molecule has 2 unspecified atom stereocenters. The smallest absolute Gasteiger partial charge is 0.229 e. The van der Waals surface area contributed by atoms with E-state index >= 15 is 0 Å². The number of likely N-dealkylation sites (tertiary alicyclic amines) is 1. The Labute approximate surface area is 286 Å². The van der Waals surface area contributed by atoms with E-state index in [1.165, 1.54) is 18.1 Å². The second-order valence-corrected chi connectivity index (χ2v) is 16.1. The fourth-order valence-corrected chi connectivity index (χ4v) is 8.94. The van der Waals surface area contributed by atoms with Gasteiger partial charge in [-0.05, 0) is 85.3 Å². The van der Waals surface area contributed by atoms with Gasteiger partial charge >= 0.3 is 0 Å². The summed E-state index contributed by atoms with van der Waals surface area (Å²) in [5, 5.41) is 0.655. The maximum atomic E-state index is 13.8. The number of Topliss-reactive ketones (excluding diaryl/α,β-unsaturated/α-hetero) is 1. The zero-order chi connectivity index (χ0) is 33.3. The van der Waals surface area contributed by atoms with E-state index in [2.05, 4.69) is 30.8 Å².